The van der Waals surface area contributed by atoms with Gasteiger partial charge in [0.15, 0.2) is 0 Å². The number of aromatic amines is 1. The van der Waals surface area contributed by atoms with Crippen LogP contribution in [0.2, 0.25) is 5.02 Å². The van der Waals surface area contributed by atoms with Gasteiger partial charge in [0.25, 0.3) is 0 Å². The molecule has 21 heavy (non-hydrogen) atoms. The Bertz CT molecular complexity index is 612. The van der Waals surface area contributed by atoms with E-state index in [1.807, 2.05) is 6.07 Å². The molecule has 114 valence electrons. The van der Waals surface area contributed by atoms with Crippen LogP contribution in [0.25, 0.3) is 10.9 Å². The molecule has 0 spiro atoms. The number of fused-ring (bicyclic) bond motifs is 1. The van der Waals surface area contributed by atoms with Gasteiger partial charge in [-0.05, 0) is 57.1 Å². The topological polar surface area (TPSA) is 22.3 Å². The quantitative estimate of drug-likeness (QED) is 0.936. The highest BCUT2D eigenvalue weighted by atomic mass is 35.5. The molecule has 1 aliphatic rings. The predicted octanol–water partition coefficient (Wildman–Crippen LogP) is 3.31. The first-order valence-electron chi connectivity index (χ1n) is 7.81. The predicted molar refractivity (Wildman–Crippen MR) is 90.3 cm³/mol. The average Bonchev–Trinajstić information content (AvgIpc) is 2.77. The summed E-state index contributed by atoms with van der Waals surface area (Å²) in [6.45, 7) is 8.16. The molecule has 1 aliphatic heterocycles. The third-order valence-electron chi connectivity index (χ3n) is 4.58. The summed E-state index contributed by atoms with van der Waals surface area (Å²) in [4.78, 5) is 8.46. The summed E-state index contributed by atoms with van der Waals surface area (Å²) in [5.74, 6) is 0. The van der Waals surface area contributed by atoms with Crippen molar-refractivity contribution in [1.82, 2.24) is 14.8 Å². The number of nitrogens with one attached hydrogen (secondary N) is 1. The molecule has 0 bridgehead atoms. The largest absolute Gasteiger partial charge is 0.358 e. The van der Waals surface area contributed by atoms with Crippen LogP contribution in [0.1, 0.15) is 17.7 Å². The lowest BCUT2D eigenvalue weighted by molar-refractivity contribution is 0.153. The first-order chi connectivity index (χ1) is 10.1. The van der Waals surface area contributed by atoms with E-state index in [0.717, 1.165) is 11.4 Å². The molecule has 0 atom stereocenters. The molecule has 1 N–H and O–H groups in total. The number of H-pyrrole nitrogens is 1. The minimum absolute atomic E-state index is 0.821. The second kappa shape index (κ2) is 6.39. The van der Waals surface area contributed by atoms with Gasteiger partial charge >= 0.3 is 0 Å². The van der Waals surface area contributed by atoms with Crippen LogP contribution in [-0.2, 0) is 6.42 Å². The zero-order valence-corrected chi connectivity index (χ0v) is 13.7. The van der Waals surface area contributed by atoms with Crippen molar-refractivity contribution in [1.29, 1.82) is 0 Å². The van der Waals surface area contributed by atoms with E-state index in [1.54, 1.807) is 0 Å². The van der Waals surface area contributed by atoms with Gasteiger partial charge in [-0.3, -0.25) is 0 Å². The van der Waals surface area contributed by atoms with E-state index in [0.29, 0.717) is 0 Å². The Balaban J connectivity index is 1.62. The Morgan fingerprint density at radius 1 is 1.19 bits per heavy atom. The van der Waals surface area contributed by atoms with Gasteiger partial charge in [-0.1, -0.05) is 11.6 Å². The van der Waals surface area contributed by atoms with Crippen molar-refractivity contribution in [2.24, 2.45) is 0 Å². The first-order valence-corrected chi connectivity index (χ1v) is 8.19. The minimum atomic E-state index is 0.821. The third kappa shape index (κ3) is 3.42. The van der Waals surface area contributed by atoms with Crippen molar-refractivity contribution >= 4 is 22.5 Å². The fourth-order valence-corrected chi connectivity index (χ4v) is 3.40. The molecule has 4 heteroatoms. The Hall–Kier alpha value is -1.03. The molecule has 0 radical (unpaired) electrons. The zero-order valence-electron chi connectivity index (χ0n) is 13.0. The van der Waals surface area contributed by atoms with Crippen molar-refractivity contribution < 1.29 is 0 Å². The molecule has 0 amide bonds. The number of hydrogen-bond donors (Lipinski definition) is 1. The fraction of sp³-hybridized carbons (Fsp3) is 0.529. The molecular weight excluding hydrogens is 282 g/mol. The van der Waals surface area contributed by atoms with Crippen molar-refractivity contribution in [2.75, 3.05) is 39.8 Å². The van der Waals surface area contributed by atoms with E-state index in [1.165, 1.54) is 61.3 Å². The van der Waals surface area contributed by atoms with Gasteiger partial charge in [0, 0.05) is 47.8 Å². The van der Waals surface area contributed by atoms with Crippen molar-refractivity contribution in [2.45, 2.75) is 19.8 Å². The zero-order chi connectivity index (χ0) is 14.8. The van der Waals surface area contributed by atoms with Crippen molar-refractivity contribution in [3.63, 3.8) is 0 Å². The van der Waals surface area contributed by atoms with Gasteiger partial charge in [-0.2, -0.15) is 0 Å². The second-order valence-corrected chi connectivity index (χ2v) is 6.60. The molecule has 1 fully saturated rings. The smallest absolute Gasteiger partial charge is 0.0459 e. The van der Waals surface area contributed by atoms with Gasteiger partial charge in [-0.15, -0.1) is 0 Å². The Morgan fingerprint density at radius 3 is 2.71 bits per heavy atom. The summed E-state index contributed by atoms with van der Waals surface area (Å²) in [7, 11) is 2.20. The van der Waals surface area contributed by atoms with Crippen LogP contribution in [0.3, 0.4) is 0 Å². The lowest BCUT2D eigenvalue weighted by atomic mass is 10.1. The molecule has 3 nitrogen and oxygen atoms in total. The van der Waals surface area contributed by atoms with Crippen molar-refractivity contribution in [3.05, 3.63) is 34.5 Å². The Morgan fingerprint density at radius 2 is 1.95 bits per heavy atom. The molecule has 0 aliphatic carbocycles. The van der Waals surface area contributed by atoms with E-state index in [2.05, 4.69) is 40.9 Å². The van der Waals surface area contributed by atoms with Crippen LogP contribution in [0.5, 0.6) is 0 Å². The monoisotopic (exact) mass is 305 g/mol. The van der Waals surface area contributed by atoms with Crippen LogP contribution >= 0.6 is 11.6 Å². The second-order valence-electron chi connectivity index (χ2n) is 6.17. The van der Waals surface area contributed by atoms with Crippen LogP contribution in [0.4, 0.5) is 0 Å². The first kappa shape index (κ1) is 14.9. The van der Waals surface area contributed by atoms with Gasteiger partial charge < -0.3 is 14.8 Å². The fourth-order valence-electron chi connectivity index (χ4n) is 3.23. The molecule has 2 heterocycles. The van der Waals surface area contributed by atoms with Crippen LogP contribution in [0, 0.1) is 6.92 Å². The number of halogens is 1. The summed E-state index contributed by atoms with van der Waals surface area (Å²) >= 11 is 6.14. The summed E-state index contributed by atoms with van der Waals surface area (Å²) in [5.41, 5.74) is 3.92. The molecule has 1 saturated heterocycles. The molecule has 0 saturated carbocycles. The molecule has 0 unspecified atom stereocenters. The maximum Gasteiger partial charge on any atom is 0.0459 e. The standard InChI is InChI=1S/C17H24ClN3/c1-13-15(16-12-14(18)5-6-17(16)19-13)4-3-7-21-10-8-20(2)9-11-21/h5-6,12,19H,3-4,7-11H2,1-2H3. The number of aryl methyl sites for hydroxylation is 2. The van der Waals surface area contributed by atoms with Crippen LogP contribution in [-0.4, -0.2) is 54.6 Å². The minimum Gasteiger partial charge on any atom is -0.358 e. The molecular formula is C17H24ClN3. The van der Waals surface area contributed by atoms with E-state index in [4.69, 9.17) is 11.6 Å². The maximum atomic E-state index is 6.14. The summed E-state index contributed by atoms with van der Waals surface area (Å²) in [5, 5.41) is 2.11. The average molecular weight is 306 g/mol. The van der Waals surface area contributed by atoms with Crippen LogP contribution < -0.4 is 0 Å². The highest BCUT2D eigenvalue weighted by Crippen LogP contribution is 2.26. The highest BCUT2D eigenvalue weighted by molar-refractivity contribution is 6.31. The molecule has 1 aromatic carbocycles. The van der Waals surface area contributed by atoms with Gasteiger partial charge in [0.1, 0.15) is 0 Å². The van der Waals surface area contributed by atoms with Crippen molar-refractivity contribution in [3.8, 4) is 0 Å². The molecule has 3 rings (SSSR count). The Kier molecular flexibility index (Phi) is 4.53. The number of likely N-dealkylation sites (N-methyl/N-ethyl adjacent to an activating group) is 1. The van der Waals surface area contributed by atoms with Crippen LogP contribution in [0.15, 0.2) is 18.2 Å². The lowest BCUT2D eigenvalue weighted by Gasteiger charge is -2.32. The van der Waals surface area contributed by atoms with E-state index in [9.17, 15) is 0 Å². The maximum absolute atomic E-state index is 6.14. The number of benzene rings is 1. The number of rotatable bonds is 4. The number of aromatic nitrogens is 1. The summed E-state index contributed by atoms with van der Waals surface area (Å²) < 4.78 is 0. The van der Waals surface area contributed by atoms with Gasteiger partial charge in [0.05, 0.1) is 0 Å². The van der Waals surface area contributed by atoms with Gasteiger partial charge in [0.2, 0.25) is 0 Å². The number of hydrogen-bond acceptors (Lipinski definition) is 2. The Labute approximate surface area is 131 Å². The van der Waals surface area contributed by atoms with E-state index >= 15 is 0 Å². The van der Waals surface area contributed by atoms with E-state index < -0.39 is 0 Å². The molecule has 2 aromatic rings. The highest BCUT2D eigenvalue weighted by Gasteiger charge is 2.14. The normalized spacial score (nSPS) is 17.7. The number of piperazine rings is 1. The van der Waals surface area contributed by atoms with E-state index in [-0.39, 0.29) is 0 Å². The lowest BCUT2D eigenvalue weighted by Crippen LogP contribution is -2.44. The summed E-state index contributed by atoms with van der Waals surface area (Å²) in [6.07, 6.45) is 2.34. The SMILES string of the molecule is Cc1[nH]c2ccc(Cl)cc2c1CCCN1CCN(C)CC1. The molecule has 1 aromatic heterocycles. The van der Waals surface area contributed by atoms with Gasteiger partial charge in [-0.25, -0.2) is 0 Å². The third-order valence-corrected chi connectivity index (χ3v) is 4.81. The number of nitrogens with zero attached hydrogens (tertiary/aromatic N) is 2. The summed E-state index contributed by atoms with van der Waals surface area (Å²) in [6, 6.07) is 6.12.